The zero-order valence-electron chi connectivity index (χ0n) is 22.2. The summed E-state index contributed by atoms with van der Waals surface area (Å²) in [5.74, 6) is -1.78. The molecule has 1 unspecified atom stereocenters. The Labute approximate surface area is 225 Å². The highest BCUT2D eigenvalue weighted by atomic mass is 19.2. The molecule has 3 aromatic carbocycles. The van der Waals surface area contributed by atoms with E-state index in [4.69, 9.17) is 4.74 Å². The normalized spacial score (nSPS) is 15.3. The van der Waals surface area contributed by atoms with E-state index in [9.17, 15) is 8.78 Å². The van der Waals surface area contributed by atoms with Crippen molar-refractivity contribution >= 4 is 5.57 Å². The van der Waals surface area contributed by atoms with Crippen molar-refractivity contribution in [2.75, 3.05) is 6.61 Å². The van der Waals surface area contributed by atoms with Crippen LogP contribution < -0.4 is 4.74 Å². The van der Waals surface area contributed by atoms with Crippen LogP contribution in [-0.4, -0.2) is 6.61 Å². The van der Waals surface area contributed by atoms with Gasteiger partial charge in [-0.1, -0.05) is 87.6 Å². The second kappa shape index (κ2) is 13.5. The predicted octanol–water partition coefficient (Wildman–Crippen LogP) is 10.5. The van der Waals surface area contributed by atoms with E-state index in [0.717, 1.165) is 44.1 Å². The lowest BCUT2D eigenvalue weighted by molar-refractivity contribution is 0.285. The maximum Gasteiger partial charge on any atom is 0.201 e. The van der Waals surface area contributed by atoms with Crippen LogP contribution in [0.4, 0.5) is 13.2 Å². The van der Waals surface area contributed by atoms with Gasteiger partial charge >= 0.3 is 0 Å². The first-order chi connectivity index (χ1) is 18.5. The summed E-state index contributed by atoms with van der Waals surface area (Å²) in [6.45, 7) is 6.41. The van der Waals surface area contributed by atoms with Crippen molar-refractivity contribution in [3.8, 4) is 28.0 Å². The summed E-state index contributed by atoms with van der Waals surface area (Å²) in [4.78, 5) is 0. The molecule has 4 rings (SSSR count). The summed E-state index contributed by atoms with van der Waals surface area (Å²) >= 11 is 0. The largest absolute Gasteiger partial charge is 0.490 e. The fourth-order valence-electron chi connectivity index (χ4n) is 5.04. The van der Waals surface area contributed by atoms with E-state index < -0.39 is 11.6 Å². The number of rotatable bonds is 12. The molecule has 0 saturated heterocycles. The Morgan fingerprint density at radius 3 is 2.13 bits per heavy atom. The highest BCUT2D eigenvalue weighted by Crippen LogP contribution is 2.35. The third kappa shape index (κ3) is 6.78. The highest BCUT2D eigenvalue weighted by Gasteiger charge is 2.17. The molecule has 1 nitrogen and oxygen atoms in total. The molecule has 0 amide bonds. The van der Waals surface area contributed by atoms with Crippen LogP contribution in [0.25, 0.3) is 27.8 Å². The van der Waals surface area contributed by atoms with Crippen molar-refractivity contribution in [3.05, 3.63) is 96.3 Å². The smallest absolute Gasteiger partial charge is 0.201 e. The van der Waals surface area contributed by atoms with E-state index >= 15 is 4.39 Å². The maximum atomic E-state index is 15.1. The quantitative estimate of drug-likeness (QED) is 0.171. The number of benzene rings is 3. The van der Waals surface area contributed by atoms with Crippen LogP contribution in [0.2, 0.25) is 0 Å². The number of allylic oxidation sites excluding steroid dienone is 3. The lowest BCUT2D eigenvalue weighted by Crippen LogP contribution is -2.02. The van der Waals surface area contributed by atoms with E-state index in [1.54, 1.807) is 36.4 Å². The first-order valence-corrected chi connectivity index (χ1v) is 13.8. The average molecular weight is 519 g/mol. The molecule has 0 radical (unpaired) electrons. The molecule has 1 atom stereocenters. The maximum absolute atomic E-state index is 15.1. The van der Waals surface area contributed by atoms with E-state index in [1.807, 2.05) is 12.1 Å². The summed E-state index contributed by atoms with van der Waals surface area (Å²) in [6, 6.07) is 15.2. The van der Waals surface area contributed by atoms with Crippen LogP contribution in [-0.2, 0) is 0 Å². The Morgan fingerprint density at radius 2 is 1.47 bits per heavy atom. The fraction of sp³-hybridized carbons (Fsp3) is 0.353. The molecule has 4 heteroatoms. The van der Waals surface area contributed by atoms with Gasteiger partial charge in [0.1, 0.15) is 5.82 Å². The molecule has 38 heavy (non-hydrogen) atoms. The molecule has 0 heterocycles. The monoisotopic (exact) mass is 518 g/mol. The predicted molar refractivity (Wildman–Crippen MR) is 152 cm³/mol. The minimum atomic E-state index is -0.976. The molecule has 0 saturated carbocycles. The van der Waals surface area contributed by atoms with Gasteiger partial charge in [-0.2, -0.15) is 4.39 Å². The first kappa shape index (κ1) is 27.8. The van der Waals surface area contributed by atoms with Gasteiger partial charge in [-0.3, -0.25) is 0 Å². The number of hydrogen-bond donors (Lipinski definition) is 0. The lowest BCUT2D eigenvalue weighted by atomic mass is 9.86. The molecule has 0 fully saturated rings. The van der Waals surface area contributed by atoms with Gasteiger partial charge < -0.3 is 4.74 Å². The number of ether oxygens (including phenoxy) is 1. The van der Waals surface area contributed by atoms with Crippen LogP contribution in [0.1, 0.15) is 70.3 Å². The van der Waals surface area contributed by atoms with Gasteiger partial charge in [0.25, 0.3) is 0 Å². The van der Waals surface area contributed by atoms with Crippen molar-refractivity contribution < 1.29 is 17.9 Å². The molecule has 0 aliphatic heterocycles. The zero-order valence-corrected chi connectivity index (χ0v) is 22.2. The third-order valence-electron chi connectivity index (χ3n) is 7.43. The van der Waals surface area contributed by atoms with Gasteiger partial charge in [-0.05, 0) is 72.1 Å². The van der Waals surface area contributed by atoms with Crippen molar-refractivity contribution in [1.82, 2.24) is 0 Å². The van der Waals surface area contributed by atoms with Crippen molar-refractivity contribution in [3.63, 3.8) is 0 Å². The number of unbranched alkanes of at least 4 members (excludes halogenated alkanes) is 5. The molecule has 0 N–H and O–H groups in total. The molecule has 1 aliphatic rings. The first-order valence-electron chi connectivity index (χ1n) is 13.8. The van der Waals surface area contributed by atoms with Crippen LogP contribution in [0, 0.1) is 23.4 Å². The van der Waals surface area contributed by atoms with E-state index in [0.29, 0.717) is 29.2 Å². The Hall–Kier alpha value is -3.27. The summed E-state index contributed by atoms with van der Waals surface area (Å²) in [5, 5.41) is 0. The van der Waals surface area contributed by atoms with E-state index in [1.165, 1.54) is 37.0 Å². The summed E-state index contributed by atoms with van der Waals surface area (Å²) in [7, 11) is 0. The van der Waals surface area contributed by atoms with Gasteiger partial charge in [-0.25, -0.2) is 8.78 Å². The van der Waals surface area contributed by atoms with E-state index in [2.05, 4.69) is 19.6 Å². The van der Waals surface area contributed by atoms with Crippen LogP contribution in [0.15, 0.2) is 73.3 Å². The second-order valence-electron chi connectivity index (χ2n) is 10.1. The summed E-state index contributed by atoms with van der Waals surface area (Å²) in [5.41, 5.74) is 3.91. The zero-order chi connectivity index (χ0) is 26.9. The SMILES string of the molecule is C=CC1CC=C(c2ccc(-c3ccc(-c4ccc(OCCCCCCCC)c(F)c4F)cc3)c(F)c2)CC1. The third-order valence-corrected chi connectivity index (χ3v) is 7.43. The Balaban J connectivity index is 1.42. The van der Waals surface area contributed by atoms with Crippen LogP contribution in [0.3, 0.4) is 0 Å². The van der Waals surface area contributed by atoms with Gasteiger partial charge in [-0.15, -0.1) is 6.58 Å². The Kier molecular flexibility index (Phi) is 9.86. The van der Waals surface area contributed by atoms with Gasteiger partial charge in [0.15, 0.2) is 11.6 Å². The molecule has 200 valence electrons. The molecular weight excluding hydrogens is 481 g/mol. The van der Waals surface area contributed by atoms with Crippen molar-refractivity contribution in [2.45, 2.75) is 64.7 Å². The molecule has 1 aliphatic carbocycles. The average Bonchev–Trinajstić information content (AvgIpc) is 2.95. The number of hydrogen-bond acceptors (Lipinski definition) is 1. The number of halogens is 3. The second-order valence-corrected chi connectivity index (χ2v) is 10.1. The molecule has 3 aromatic rings. The standard InChI is InChI=1S/C34H37F3O/c1-3-5-6-7-8-9-22-38-32-21-20-30(33(36)34(32)37)27-16-14-26(15-17-27)29-19-18-28(23-31(29)35)25-12-10-24(4-2)11-13-25/h4,12,14-21,23-24H,2-3,5-11,13,22H2,1H3. The highest BCUT2D eigenvalue weighted by molar-refractivity contribution is 5.74. The lowest BCUT2D eigenvalue weighted by Gasteiger charge is -2.19. The Bertz CT molecular complexity index is 1260. The molecular formula is C34H37F3O. The van der Waals surface area contributed by atoms with Crippen molar-refractivity contribution in [1.29, 1.82) is 0 Å². The minimum Gasteiger partial charge on any atom is -0.490 e. The fourth-order valence-corrected chi connectivity index (χ4v) is 5.04. The summed E-state index contributed by atoms with van der Waals surface area (Å²) < 4.78 is 50.1. The van der Waals surface area contributed by atoms with Crippen molar-refractivity contribution in [2.24, 2.45) is 5.92 Å². The molecule has 0 spiro atoms. The summed E-state index contributed by atoms with van der Waals surface area (Å²) in [6.07, 6.45) is 13.6. The van der Waals surface area contributed by atoms with Gasteiger partial charge in [0.2, 0.25) is 5.82 Å². The van der Waals surface area contributed by atoms with Gasteiger partial charge in [0.05, 0.1) is 6.61 Å². The Morgan fingerprint density at radius 1 is 0.816 bits per heavy atom. The minimum absolute atomic E-state index is 0.0633. The van der Waals surface area contributed by atoms with E-state index in [-0.39, 0.29) is 17.1 Å². The van der Waals surface area contributed by atoms with Crippen LogP contribution in [0.5, 0.6) is 5.75 Å². The van der Waals surface area contributed by atoms with Gasteiger partial charge in [0, 0.05) is 11.1 Å². The molecule has 0 bridgehead atoms. The topological polar surface area (TPSA) is 9.23 Å². The van der Waals surface area contributed by atoms with Crippen LogP contribution >= 0.6 is 0 Å². The molecule has 0 aromatic heterocycles.